The molecular weight excluding hydrogens is 358 g/mol. The van der Waals surface area contributed by atoms with Crippen LogP contribution in [0.3, 0.4) is 0 Å². The van der Waals surface area contributed by atoms with Gasteiger partial charge in [0, 0.05) is 12.8 Å². The molecule has 0 radical (unpaired) electrons. The number of fused-ring (bicyclic) bond motifs is 3. The lowest BCUT2D eigenvalue weighted by Gasteiger charge is -2.30. The van der Waals surface area contributed by atoms with E-state index in [1.165, 1.54) is 5.06 Å². The first-order chi connectivity index (χ1) is 13.7. The second-order valence-electron chi connectivity index (χ2n) is 6.83. The molecule has 1 fully saturated rings. The molecule has 144 valence electrons. The summed E-state index contributed by atoms with van der Waals surface area (Å²) in [5.41, 5.74) is 1.41. The van der Waals surface area contributed by atoms with Crippen molar-refractivity contribution in [1.82, 2.24) is 5.06 Å². The fourth-order valence-corrected chi connectivity index (χ4v) is 3.36. The molecule has 2 aliphatic heterocycles. The number of carbonyl (C=O) groups is 2. The third-order valence-corrected chi connectivity index (χ3v) is 4.77. The van der Waals surface area contributed by atoms with Gasteiger partial charge in [-0.25, -0.2) is 9.59 Å². The van der Waals surface area contributed by atoms with E-state index in [2.05, 4.69) is 0 Å². The Hall–Kier alpha value is -3.12. The van der Waals surface area contributed by atoms with Crippen LogP contribution < -0.4 is 0 Å². The molecule has 1 aliphatic carbocycles. The number of nitrogens with zero attached hydrogens (tertiary/aromatic N) is 1. The molecule has 6 heteroatoms. The molecule has 1 saturated heterocycles. The molecule has 2 aromatic rings. The largest absolute Gasteiger partial charge is 0.459 e. The average Bonchev–Trinajstić information content (AvgIpc) is 3.04. The highest BCUT2D eigenvalue weighted by molar-refractivity contribution is 5.89. The maximum absolute atomic E-state index is 12.5. The van der Waals surface area contributed by atoms with E-state index in [4.69, 9.17) is 14.3 Å². The zero-order valence-corrected chi connectivity index (χ0v) is 15.3. The van der Waals surface area contributed by atoms with Crippen LogP contribution in [0.25, 0.3) is 0 Å². The van der Waals surface area contributed by atoms with E-state index in [0.717, 1.165) is 5.56 Å². The first-order valence-corrected chi connectivity index (χ1v) is 9.30. The smallest absolute Gasteiger partial charge is 0.434 e. The molecule has 5 rings (SSSR count). The number of carbonyl (C=O) groups excluding carboxylic acids is 2. The Labute approximate surface area is 163 Å². The highest BCUT2D eigenvalue weighted by Crippen LogP contribution is 2.29. The molecule has 28 heavy (non-hydrogen) atoms. The third kappa shape index (κ3) is 4.23. The van der Waals surface area contributed by atoms with Gasteiger partial charge < -0.3 is 9.47 Å². The van der Waals surface area contributed by atoms with Crippen molar-refractivity contribution >= 4 is 12.1 Å². The van der Waals surface area contributed by atoms with E-state index >= 15 is 0 Å². The third-order valence-electron chi connectivity index (χ3n) is 4.77. The van der Waals surface area contributed by atoms with Gasteiger partial charge in [-0.1, -0.05) is 60.7 Å². The second kappa shape index (κ2) is 8.27. The maximum atomic E-state index is 12.5. The van der Waals surface area contributed by atoms with Gasteiger partial charge in [-0.2, -0.15) is 5.06 Å². The van der Waals surface area contributed by atoms with Crippen LogP contribution >= 0.6 is 0 Å². The number of rotatable bonds is 4. The zero-order chi connectivity index (χ0) is 19.3. The number of hydroxylamine groups is 2. The summed E-state index contributed by atoms with van der Waals surface area (Å²) < 4.78 is 11.0. The predicted octanol–water partition coefficient (Wildman–Crippen LogP) is 3.88. The SMILES string of the molecule is O=C(O[C@@H]1C[C@H]2C=C[C@@H](C1)ON2C(=O)OCc1ccccc1)c1ccccc1. The molecule has 0 aromatic heterocycles. The number of amides is 1. The van der Waals surface area contributed by atoms with Gasteiger partial charge in [-0.05, 0) is 17.7 Å². The van der Waals surface area contributed by atoms with Crippen molar-refractivity contribution in [3.8, 4) is 0 Å². The van der Waals surface area contributed by atoms with Crippen molar-refractivity contribution < 1.29 is 23.9 Å². The van der Waals surface area contributed by atoms with E-state index in [9.17, 15) is 9.59 Å². The number of hydrogen-bond acceptors (Lipinski definition) is 5. The minimum atomic E-state index is -0.543. The fraction of sp³-hybridized carbons (Fsp3) is 0.273. The maximum Gasteiger partial charge on any atom is 0.434 e. The van der Waals surface area contributed by atoms with Gasteiger partial charge in [-0.3, -0.25) is 4.84 Å². The normalized spacial score (nSPS) is 23.1. The van der Waals surface area contributed by atoms with Crippen molar-refractivity contribution in [2.24, 2.45) is 0 Å². The summed E-state index contributed by atoms with van der Waals surface area (Å²) in [6.07, 6.45) is 3.55. The van der Waals surface area contributed by atoms with Gasteiger partial charge in [0.25, 0.3) is 0 Å². The quantitative estimate of drug-likeness (QED) is 0.596. The van der Waals surface area contributed by atoms with Gasteiger partial charge >= 0.3 is 12.1 Å². The summed E-state index contributed by atoms with van der Waals surface area (Å²) in [5.74, 6) is -0.370. The van der Waals surface area contributed by atoms with Gasteiger partial charge in [0.15, 0.2) is 0 Å². The fourth-order valence-electron chi connectivity index (χ4n) is 3.36. The minimum absolute atomic E-state index is 0.174. The van der Waals surface area contributed by atoms with Crippen LogP contribution in [0, 0.1) is 0 Å². The van der Waals surface area contributed by atoms with Crippen LogP contribution in [0.5, 0.6) is 0 Å². The monoisotopic (exact) mass is 379 g/mol. The molecule has 6 nitrogen and oxygen atoms in total. The average molecular weight is 379 g/mol. The number of esters is 1. The summed E-state index contributed by atoms with van der Waals surface area (Å²) in [5, 5.41) is 1.25. The van der Waals surface area contributed by atoms with E-state index in [-0.39, 0.29) is 30.8 Å². The van der Waals surface area contributed by atoms with Crippen molar-refractivity contribution in [2.45, 2.75) is 37.7 Å². The summed E-state index contributed by atoms with van der Waals surface area (Å²) in [4.78, 5) is 30.6. The molecule has 2 bridgehead atoms. The van der Waals surface area contributed by atoms with Crippen LogP contribution in [0.2, 0.25) is 0 Å². The molecule has 0 spiro atoms. The lowest BCUT2D eigenvalue weighted by atomic mass is 10.1. The van der Waals surface area contributed by atoms with E-state index in [0.29, 0.717) is 18.4 Å². The molecule has 0 unspecified atom stereocenters. The zero-order valence-electron chi connectivity index (χ0n) is 15.3. The van der Waals surface area contributed by atoms with Crippen molar-refractivity contribution in [3.63, 3.8) is 0 Å². The highest BCUT2D eigenvalue weighted by atomic mass is 16.7. The van der Waals surface area contributed by atoms with Crippen LogP contribution in [-0.4, -0.2) is 35.4 Å². The first-order valence-electron chi connectivity index (χ1n) is 9.30. The van der Waals surface area contributed by atoms with Crippen molar-refractivity contribution in [1.29, 1.82) is 0 Å². The molecule has 2 aromatic carbocycles. The van der Waals surface area contributed by atoms with Crippen molar-refractivity contribution in [2.75, 3.05) is 0 Å². The Bertz CT molecular complexity index is 852. The van der Waals surface area contributed by atoms with Gasteiger partial charge in [0.05, 0.1) is 11.6 Å². The lowest BCUT2D eigenvalue weighted by molar-refractivity contribution is -0.176. The van der Waals surface area contributed by atoms with Crippen molar-refractivity contribution in [3.05, 3.63) is 83.9 Å². The molecule has 3 aliphatic rings. The number of benzene rings is 2. The summed E-state index contributed by atoms with van der Waals surface area (Å²) in [7, 11) is 0. The summed E-state index contributed by atoms with van der Waals surface area (Å²) in [6, 6.07) is 18.0. The predicted molar refractivity (Wildman–Crippen MR) is 101 cm³/mol. The molecular formula is C22H21NO5. The number of ether oxygens (including phenoxy) is 2. The summed E-state index contributed by atoms with van der Waals surface area (Å²) >= 11 is 0. The molecule has 0 saturated carbocycles. The Morgan fingerprint density at radius 3 is 2.43 bits per heavy atom. The summed E-state index contributed by atoms with van der Waals surface area (Å²) in [6.45, 7) is 0.174. The minimum Gasteiger partial charge on any atom is -0.459 e. The Kier molecular flexibility index (Phi) is 5.39. The molecule has 1 amide bonds. The molecule has 3 atom stereocenters. The Balaban J connectivity index is 1.37. The molecule has 2 heterocycles. The van der Waals surface area contributed by atoms with E-state index in [1.807, 2.05) is 48.6 Å². The van der Waals surface area contributed by atoms with Crippen LogP contribution in [-0.2, 0) is 20.9 Å². The van der Waals surface area contributed by atoms with E-state index < -0.39 is 6.09 Å². The van der Waals surface area contributed by atoms with Gasteiger partial charge in [0.2, 0.25) is 0 Å². The second-order valence-corrected chi connectivity index (χ2v) is 6.83. The number of hydrogen-bond donors (Lipinski definition) is 0. The van der Waals surface area contributed by atoms with Gasteiger partial charge in [0.1, 0.15) is 18.8 Å². The Morgan fingerprint density at radius 1 is 0.964 bits per heavy atom. The lowest BCUT2D eigenvalue weighted by Crippen LogP contribution is -2.42. The van der Waals surface area contributed by atoms with Crippen LogP contribution in [0.15, 0.2) is 72.8 Å². The van der Waals surface area contributed by atoms with Gasteiger partial charge in [-0.15, -0.1) is 0 Å². The Morgan fingerprint density at radius 2 is 1.68 bits per heavy atom. The topological polar surface area (TPSA) is 65.1 Å². The van der Waals surface area contributed by atoms with E-state index in [1.54, 1.807) is 24.3 Å². The van der Waals surface area contributed by atoms with Crippen LogP contribution in [0.4, 0.5) is 4.79 Å². The van der Waals surface area contributed by atoms with Crippen LogP contribution in [0.1, 0.15) is 28.8 Å². The first kappa shape index (κ1) is 18.3. The standard InChI is InChI=1S/C22H21NO5/c24-21(17-9-5-2-6-10-17)27-20-13-18-11-12-19(14-20)28-23(18)22(25)26-15-16-7-3-1-4-8-16/h1-12,18-20H,13-15H2/t18-,19+,20-/m1/s1. The molecule has 0 N–H and O–H groups in total. The highest BCUT2D eigenvalue weighted by Gasteiger charge is 2.38.